The van der Waals surface area contributed by atoms with E-state index in [9.17, 15) is 0 Å². The van der Waals surface area contributed by atoms with E-state index in [0.717, 1.165) is 30.6 Å². The number of pyridine rings is 1. The van der Waals surface area contributed by atoms with Crippen molar-refractivity contribution in [3.63, 3.8) is 0 Å². The van der Waals surface area contributed by atoms with Crippen LogP contribution in [0.2, 0.25) is 0 Å². The molecule has 1 aliphatic heterocycles. The van der Waals surface area contributed by atoms with Gasteiger partial charge in [-0.15, -0.1) is 0 Å². The van der Waals surface area contributed by atoms with Gasteiger partial charge in [0.15, 0.2) is 30.4 Å². The molecule has 3 rings (SSSR count). The average Bonchev–Trinajstić information content (AvgIpc) is 2.81. The number of hydrogen-bond donors (Lipinski definition) is 1. The zero-order chi connectivity index (χ0) is 21.6. The van der Waals surface area contributed by atoms with Crippen molar-refractivity contribution < 1.29 is 34.0 Å². The average molecular weight is 431 g/mol. The van der Waals surface area contributed by atoms with Crippen molar-refractivity contribution in [3.8, 4) is 11.5 Å². The van der Waals surface area contributed by atoms with Gasteiger partial charge < -0.3 is 29.4 Å². The minimum Gasteiger partial charge on any atom is -0.487 e. The van der Waals surface area contributed by atoms with E-state index in [4.69, 9.17) is 23.7 Å². The van der Waals surface area contributed by atoms with E-state index in [1.54, 1.807) is 0 Å². The molecule has 0 atom stereocenters. The normalized spacial score (nSPS) is 16.5. The van der Waals surface area contributed by atoms with Crippen LogP contribution in [0.1, 0.15) is 17.5 Å². The van der Waals surface area contributed by atoms with Gasteiger partial charge >= 0.3 is 0 Å². The fourth-order valence-electron chi connectivity index (χ4n) is 3.04. The molecule has 0 aliphatic carbocycles. The first-order chi connectivity index (χ1) is 15.3. The molecule has 0 unspecified atom stereocenters. The van der Waals surface area contributed by atoms with Crippen LogP contribution in [0.4, 0.5) is 0 Å². The quantitative estimate of drug-likeness (QED) is 0.729. The third kappa shape index (κ3) is 8.67. The van der Waals surface area contributed by atoms with Crippen molar-refractivity contribution in [2.45, 2.75) is 13.0 Å². The Hall–Kier alpha value is -2.45. The van der Waals surface area contributed by atoms with E-state index >= 15 is 0 Å². The maximum atomic E-state index is 5.94. The van der Waals surface area contributed by atoms with E-state index in [2.05, 4.69) is 47.0 Å². The zero-order valence-electron chi connectivity index (χ0n) is 18.2. The van der Waals surface area contributed by atoms with Gasteiger partial charge in [-0.1, -0.05) is 18.2 Å². The van der Waals surface area contributed by atoms with Gasteiger partial charge in [-0.2, -0.15) is 0 Å². The minimum absolute atomic E-state index is 0.450. The summed E-state index contributed by atoms with van der Waals surface area (Å²) in [4.78, 5) is 0. The number of benzene rings is 1. The third-order valence-corrected chi connectivity index (χ3v) is 4.73. The molecular formula is C24H34N2O5+2. The first-order valence-corrected chi connectivity index (χ1v) is 10.9. The van der Waals surface area contributed by atoms with E-state index in [1.807, 2.05) is 18.2 Å². The Morgan fingerprint density at radius 3 is 1.94 bits per heavy atom. The topological polar surface area (TPSA) is 77.7 Å². The number of rotatable bonds is 5. The molecule has 31 heavy (non-hydrogen) atoms. The molecule has 7 heteroatoms. The number of nitrogens with zero attached hydrogens (tertiary/aromatic N) is 1. The molecule has 0 bridgehead atoms. The molecule has 2 aromatic rings. The lowest BCUT2D eigenvalue weighted by Crippen LogP contribution is -2.51. The molecule has 0 saturated heterocycles. The summed E-state index contributed by atoms with van der Waals surface area (Å²) in [6, 6.07) is 10.2. The highest BCUT2D eigenvalue weighted by molar-refractivity contribution is 5.70. The van der Waals surface area contributed by atoms with E-state index in [0.29, 0.717) is 64.4 Å². The van der Waals surface area contributed by atoms with Crippen LogP contribution in [0.15, 0.2) is 42.7 Å². The van der Waals surface area contributed by atoms with Gasteiger partial charge in [0.05, 0.1) is 52.6 Å². The van der Waals surface area contributed by atoms with Gasteiger partial charge in [0.2, 0.25) is 0 Å². The first kappa shape index (κ1) is 23.2. The molecule has 1 aromatic carbocycles. The Kier molecular flexibility index (Phi) is 10.3. The second kappa shape index (κ2) is 13.8. The van der Waals surface area contributed by atoms with Gasteiger partial charge in [-0.25, -0.2) is 4.57 Å². The Balaban J connectivity index is 1.64. The summed E-state index contributed by atoms with van der Waals surface area (Å²) in [6.07, 6.45) is 9.46. The van der Waals surface area contributed by atoms with E-state index in [-0.39, 0.29) is 0 Å². The highest BCUT2D eigenvalue weighted by atomic mass is 16.6. The van der Waals surface area contributed by atoms with Crippen molar-refractivity contribution in [3.05, 3.63) is 53.9 Å². The second-order valence-electron chi connectivity index (χ2n) is 7.15. The van der Waals surface area contributed by atoms with Crippen molar-refractivity contribution >= 4 is 12.2 Å². The van der Waals surface area contributed by atoms with Crippen LogP contribution in [0.5, 0.6) is 11.5 Å². The maximum absolute atomic E-state index is 5.94. The van der Waals surface area contributed by atoms with Gasteiger partial charge in [0, 0.05) is 12.1 Å². The predicted octanol–water partition coefficient (Wildman–Crippen LogP) is 1.60. The monoisotopic (exact) mass is 430 g/mol. The molecule has 0 fully saturated rings. The van der Waals surface area contributed by atoms with Crippen LogP contribution in [0.3, 0.4) is 0 Å². The maximum Gasteiger partial charge on any atom is 0.169 e. The molecule has 0 saturated carbocycles. The lowest BCUT2D eigenvalue weighted by Gasteiger charge is -2.13. The second-order valence-corrected chi connectivity index (χ2v) is 7.15. The molecular weight excluding hydrogens is 396 g/mol. The molecule has 0 radical (unpaired) electrons. The Morgan fingerprint density at radius 1 is 0.710 bits per heavy atom. The lowest BCUT2D eigenvalue weighted by molar-refractivity contribution is -0.699. The predicted molar refractivity (Wildman–Crippen MR) is 118 cm³/mol. The van der Waals surface area contributed by atoms with Gasteiger partial charge in [0.1, 0.15) is 13.2 Å². The fourth-order valence-corrected chi connectivity index (χ4v) is 3.04. The lowest BCUT2D eigenvalue weighted by atomic mass is 10.1. The Labute approximate surface area is 184 Å². The molecule has 1 aromatic heterocycles. The van der Waals surface area contributed by atoms with Crippen LogP contribution in [0, 0.1) is 0 Å². The summed E-state index contributed by atoms with van der Waals surface area (Å²) in [6.45, 7) is 6.06. The summed E-state index contributed by atoms with van der Waals surface area (Å²) in [7, 11) is 0. The number of quaternary nitrogens is 1. The van der Waals surface area contributed by atoms with Crippen molar-refractivity contribution in [2.75, 3.05) is 59.4 Å². The third-order valence-electron chi connectivity index (χ3n) is 4.73. The summed E-state index contributed by atoms with van der Waals surface area (Å²) < 4.78 is 30.5. The molecule has 1 aliphatic rings. The van der Waals surface area contributed by atoms with Gasteiger partial charge in [0.25, 0.3) is 0 Å². The summed E-state index contributed by atoms with van der Waals surface area (Å²) >= 11 is 0. The van der Waals surface area contributed by atoms with Crippen molar-refractivity contribution in [2.24, 2.45) is 0 Å². The fraction of sp³-hybridized carbons (Fsp3) is 0.458. The Morgan fingerprint density at radius 2 is 1.29 bits per heavy atom. The summed E-state index contributed by atoms with van der Waals surface area (Å²) in [5.74, 6) is 1.41. The highest BCUT2D eigenvalue weighted by Gasteiger charge is 2.07. The highest BCUT2D eigenvalue weighted by Crippen LogP contribution is 2.29. The number of fused-ring (bicyclic) bond motifs is 1. The van der Waals surface area contributed by atoms with Gasteiger partial charge in [-0.05, 0) is 23.3 Å². The van der Waals surface area contributed by atoms with Crippen LogP contribution in [0.25, 0.3) is 12.2 Å². The minimum atomic E-state index is 0.450. The molecule has 3 N–H and O–H groups in total. The molecule has 0 spiro atoms. The Bertz CT molecular complexity index is 795. The van der Waals surface area contributed by atoms with Crippen molar-refractivity contribution in [1.29, 1.82) is 0 Å². The largest absolute Gasteiger partial charge is 0.487 e. The standard InChI is InChI=1S/C24H33N2O5/c25-8-1-9-26-10-6-21(7-11-26)2-3-22-4-5-23-24(20-22)31-19-17-29-15-13-27-12-14-28-16-18-30-23/h2-7,10-11,20H,1,8-9,12-19,25H2/q+1/p+1/b3-2+. The number of aryl methyl sites for hydroxylation is 1. The van der Waals surface area contributed by atoms with Crippen molar-refractivity contribution in [1.82, 2.24) is 0 Å². The van der Waals surface area contributed by atoms with E-state index in [1.165, 1.54) is 0 Å². The van der Waals surface area contributed by atoms with Crippen LogP contribution >= 0.6 is 0 Å². The summed E-state index contributed by atoms with van der Waals surface area (Å²) in [5.41, 5.74) is 6.08. The number of ether oxygens (including phenoxy) is 5. The first-order valence-electron chi connectivity index (χ1n) is 10.9. The molecule has 2 heterocycles. The van der Waals surface area contributed by atoms with Crippen LogP contribution < -0.4 is 19.8 Å². The smallest absolute Gasteiger partial charge is 0.169 e. The van der Waals surface area contributed by atoms with E-state index < -0.39 is 0 Å². The SMILES string of the molecule is [NH3+]CCC[n+]1ccc(/C=C/c2ccc3c(c2)OCCOCCOCCOCCO3)cc1. The number of hydrogen-bond acceptors (Lipinski definition) is 5. The molecule has 168 valence electrons. The van der Waals surface area contributed by atoms with Crippen LogP contribution in [-0.2, 0) is 20.8 Å². The summed E-state index contributed by atoms with van der Waals surface area (Å²) in [5, 5.41) is 0. The van der Waals surface area contributed by atoms with Gasteiger partial charge in [-0.3, -0.25) is 0 Å². The molecule has 0 amide bonds. The number of aromatic nitrogens is 1. The zero-order valence-corrected chi connectivity index (χ0v) is 18.2. The van der Waals surface area contributed by atoms with Crippen LogP contribution in [-0.4, -0.2) is 59.4 Å². The molecule has 7 nitrogen and oxygen atoms in total.